The molecule has 0 bridgehead atoms. The fourth-order valence-corrected chi connectivity index (χ4v) is 6.30. The molecule has 1 aromatic carbocycles. The number of carbonyl (C=O) groups is 1. The van der Waals surface area contributed by atoms with E-state index in [4.69, 9.17) is 4.99 Å². The molecule has 4 heterocycles. The Labute approximate surface area is 207 Å². The molecule has 2 atom stereocenters. The van der Waals surface area contributed by atoms with Crippen LogP contribution in [-0.2, 0) is 4.79 Å². The van der Waals surface area contributed by atoms with Crippen LogP contribution >= 0.6 is 0 Å². The van der Waals surface area contributed by atoms with Crippen molar-refractivity contribution >= 4 is 12.1 Å². The second kappa shape index (κ2) is 9.43. The zero-order valence-corrected chi connectivity index (χ0v) is 20.5. The zero-order valence-electron chi connectivity index (χ0n) is 20.5. The summed E-state index contributed by atoms with van der Waals surface area (Å²) in [5.74, 6) is 0.477. The van der Waals surface area contributed by atoms with E-state index < -0.39 is 5.60 Å². The number of β-amino-alcohol motifs (C(OH)–C–C–N with tert-alkyl or cyclic N) is 1. The minimum absolute atomic E-state index is 0.0113. The van der Waals surface area contributed by atoms with Gasteiger partial charge in [-0.05, 0) is 56.7 Å². The number of hydrogen-bond acceptors (Lipinski definition) is 5. The summed E-state index contributed by atoms with van der Waals surface area (Å²) < 4.78 is 2.33. The molecule has 7 nitrogen and oxygen atoms in total. The number of carbonyl (C=O) groups excluding carboxylic acids is 1. The Bertz CT molecular complexity index is 1160. The molecule has 6 rings (SSSR count). The van der Waals surface area contributed by atoms with Crippen LogP contribution in [0.3, 0.4) is 0 Å². The van der Waals surface area contributed by atoms with E-state index in [0.717, 1.165) is 30.2 Å². The topological polar surface area (TPSA) is 73.1 Å². The SMILES string of the molecule is O=C([C@@H]1CCNC[C@H]1c1ccccc1)N1CCC(O)(CN2C=c3ccn(C4CCC4)c3=NC2)CC1. The van der Waals surface area contributed by atoms with Crippen molar-refractivity contribution < 1.29 is 9.90 Å². The molecule has 0 radical (unpaired) electrons. The Hall–Kier alpha value is -2.64. The first-order valence-electron chi connectivity index (χ1n) is 13.3. The smallest absolute Gasteiger partial charge is 0.226 e. The van der Waals surface area contributed by atoms with Gasteiger partial charge in [0.15, 0.2) is 0 Å². The van der Waals surface area contributed by atoms with E-state index in [1.807, 2.05) is 11.0 Å². The van der Waals surface area contributed by atoms with E-state index >= 15 is 0 Å². The fraction of sp³-hybridized carbons (Fsp3) is 0.571. The first kappa shape index (κ1) is 22.8. The molecule has 7 heteroatoms. The van der Waals surface area contributed by atoms with Gasteiger partial charge in [0, 0.05) is 61.7 Å². The van der Waals surface area contributed by atoms with E-state index in [1.54, 1.807) is 0 Å². The lowest BCUT2D eigenvalue weighted by Crippen LogP contribution is -2.54. The molecular weight excluding hydrogens is 438 g/mol. The van der Waals surface area contributed by atoms with Crippen molar-refractivity contribution in [2.24, 2.45) is 10.9 Å². The van der Waals surface area contributed by atoms with Crippen LogP contribution in [0.2, 0.25) is 0 Å². The van der Waals surface area contributed by atoms with Gasteiger partial charge in [-0.1, -0.05) is 30.3 Å². The summed E-state index contributed by atoms with van der Waals surface area (Å²) in [6.07, 6.45) is 10.2. The second-order valence-corrected chi connectivity index (χ2v) is 10.9. The maximum atomic E-state index is 13.5. The zero-order chi connectivity index (χ0) is 23.8. The number of hydrogen-bond donors (Lipinski definition) is 2. The average molecular weight is 476 g/mol. The minimum Gasteiger partial charge on any atom is -0.388 e. The number of aromatic nitrogens is 1. The highest BCUT2D eigenvalue weighted by atomic mass is 16.3. The Kier molecular flexibility index (Phi) is 6.14. The van der Waals surface area contributed by atoms with Gasteiger partial charge in [0.1, 0.15) is 12.2 Å². The summed E-state index contributed by atoms with van der Waals surface area (Å²) in [5.41, 5.74) is 1.54. The minimum atomic E-state index is -0.788. The predicted molar refractivity (Wildman–Crippen MR) is 135 cm³/mol. The van der Waals surface area contributed by atoms with E-state index in [2.05, 4.69) is 57.5 Å². The van der Waals surface area contributed by atoms with Crippen molar-refractivity contribution in [2.45, 2.75) is 56.1 Å². The van der Waals surface area contributed by atoms with Crippen LogP contribution in [0.15, 0.2) is 47.6 Å². The van der Waals surface area contributed by atoms with E-state index in [-0.39, 0.29) is 17.7 Å². The Morgan fingerprint density at radius 2 is 1.91 bits per heavy atom. The lowest BCUT2D eigenvalue weighted by molar-refractivity contribution is -0.141. The van der Waals surface area contributed by atoms with Gasteiger partial charge in [-0.3, -0.25) is 4.79 Å². The van der Waals surface area contributed by atoms with Crippen LogP contribution < -0.4 is 16.0 Å². The molecular formula is C28H37N5O2. The summed E-state index contributed by atoms with van der Waals surface area (Å²) >= 11 is 0. The van der Waals surface area contributed by atoms with E-state index in [1.165, 1.54) is 24.8 Å². The van der Waals surface area contributed by atoms with Crippen molar-refractivity contribution in [1.29, 1.82) is 0 Å². The Morgan fingerprint density at radius 3 is 2.66 bits per heavy atom. The number of piperidine rings is 2. The standard InChI is InChI=1S/C28H37N5O2/c34-27(24-9-13-29-17-25(24)21-5-2-1-3-6-21)32-15-11-28(35,12-16-32)19-31-18-22-10-14-33(23-7-4-8-23)26(22)30-20-31/h1-3,5-6,10,14,18,23-25,29,35H,4,7-9,11-13,15-17,19-20H2/t24-,25+/m1/s1. The van der Waals surface area contributed by atoms with Gasteiger partial charge in [-0.2, -0.15) is 0 Å². The molecule has 3 aliphatic heterocycles. The van der Waals surface area contributed by atoms with Crippen LogP contribution in [-0.4, -0.2) is 70.4 Å². The summed E-state index contributed by atoms with van der Waals surface area (Å²) in [7, 11) is 0. The molecule has 4 aliphatic rings. The highest BCUT2D eigenvalue weighted by Crippen LogP contribution is 2.33. The van der Waals surface area contributed by atoms with E-state index in [0.29, 0.717) is 45.2 Å². The number of nitrogens with zero attached hydrogens (tertiary/aromatic N) is 4. The molecule has 0 spiro atoms. The number of fused-ring (bicyclic) bond motifs is 1. The molecule has 2 N–H and O–H groups in total. The molecule has 35 heavy (non-hydrogen) atoms. The Balaban J connectivity index is 1.08. The summed E-state index contributed by atoms with van der Waals surface area (Å²) in [6, 6.07) is 13.2. The first-order chi connectivity index (χ1) is 17.1. The molecule has 0 unspecified atom stereocenters. The van der Waals surface area contributed by atoms with Gasteiger partial charge in [0.25, 0.3) is 0 Å². The van der Waals surface area contributed by atoms with Crippen molar-refractivity contribution in [1.82, 2.24) is 19.7 Å². The summed E-state index contributed by atoms with van der Waals surface area (Å²) in [6.45, 7) is 4.12. The van der Waals surface area contributed by atoms with Gasteiger partial charge in [0.2, 0.25) is 5.91 Å². The second-order valence-electron chi connectivity index (χ2n) is 10.9. The molecule has 1 saturated carbocycles. The molecule has 3 fully saturated rings. The largest absolute Gasteiger partial charge is 0.388 e. The van der Waals surface area contributed by atoms with Crippen molar-refractivity contribution in [3.8, 4) is 0 Å². The number of benzene rings is 1. The fourth-order valence-electron chi connectivity index (χ4n) is 6.30. The molecule has 186 valence electrons. The van der Waals surface area contributed by atoms with Crippen LogP contribution in [0.4, 0.5) is 0 Å². The number of aliphatic hydroxyl groups is 1. The highest BCUT2D eigenvalue weighted by Gasteiger charge is 2.39. The number of likely N-dealkylation sites (tertiary alicyclic amines) is 1. The van der Waals surface area contributed by atoms with Crippen molar-refractivity contribution in [3.63, 3.8) is 0 Å². The third-order valence-electron chi connectivity index (χ3n) is 8.64. The van der Waals surface area contributed by atoms with Gasteiger partial charge < -0.3 is 24.8 Å². The summed E-state index contributed by atoms with van der Waals surface area (Å²) in [5, 5.41) is 16.0. The first-order valence-corrected chi connectivity index (χ1v) is 13.3. The van der Waals surface area contributed by atoms with Gasteiger partial charge >= 0.3 is 0 Å². The van der Waals surface area contributed by atoms with Crippen LogP contribution in [0.25, 0.3) is 6.20 Å². The van der Waals surface area contributed by atoms with Crippen LogP contribution in [0.5, 0.6) is 0 Å². The molecule has 2 aromatic rings. The third kappa shape index (κ3) is 4.52. The van der Waals surface area contributed by atoms with Crippen molar-refractivity contribution in [2.75, 3.05) is 39.4 Å². The van der Waals surface area contributed by atoms with Crippen molar-refractivity contribution in [3.05, 3.63) is 58.9 Å². The quantitative estimate of drug-likeness (QED) is 0.689. The normalized spacial score (nSPS) is 26.3. The monoisotopic (exact) mass is 475 g/mol. The molecule has 1 aromatic heterocycles. The predicted octanol–water partition coefficient (Wildman–Crippen LogP) is 1.59. The third-order valence-corrected chi connectivity index (χ3v) is 8.64. The van der Waals surface area contributed by atoms with Crippen LogP contribution in [0.1, 0.15) is 56.0 Å². The highest BCUT2D eigenvalue weighted by molar-refractivity contribution is 5.80. The maximum absolute atomic E-state index is 13.5. The molecule has 1 amide bonds. The van der Waals surface area contributed by atoms with Gasteiger partial charge in [-0.15, -0.1) is 0 Å². The molecule has 2 saturated heterocycles. The van der Waals surface area contributed by atoms with Crippen LogP contribution in [0, 0.1) is 5.92 Å². The maximum Gasteiger partial charge on any atom is 0.226 e. The summed E-state index contributed by atoms with van der Waals surface area (Å²) in [4.78, 5) is 22.5. The van der Waals surface area contributed by atoms with Gasteiger partial charge in [0.05, 0.1) is 5.60 Å². The average Bonchev–Trinajstić information content (AvgIpc) is 3.26. The number of nitrogens with one attached hydrogen (secondary N) is 1. The lowest BCUT2D eigenvalue weighted by Gasteiger charge is -2.43. The van der Waals surface area contributed by atoms with E-state index in [9.17, 15) is 9.90 Å². The number of amides is 1. The molecule has 1 aliphatic carbocycles. The lowest BCUT2D eigenvalue weighted by atomic mass is 9.80. The Morgan fingerprint density at radius 1 is 1.11 bits per heavy atom. The number of rotatable bonds is 5. The van der Waals surface area contributed by atoms with Gasteiger partial charge in [-0.25, -0.2) is 4.99 Å².